The highest BCUT2D eigenvalue weighted by atomic mass is 16.6. The predicted octanol–water partition coefficient (Wildman–Crippen LogP) is 0.236. The molecule has 2 heterocycles. The van der Waals surface area contributed by atoms with Gasteiger partial charge in [0.05, 0.1) is 33.4 Å². The Balaban J connectivity index is 1.96. The molecule has 0 aromatic carbocycles. The third-order valence-electron chi connectivity index (χ3n) is 2.37. The van der Waals surface area contributed by atoms with Crippen molar-refractivity contribution in [3.8, 4) is 0 Å². The fraction of sp³-hybridized carbons (Fsp3) is 0.200. The van der Waals surface area contributed by atoms with Crippen LogP contribution < -0.4 is 10.9 Å². The Hall–Kier alpha value is -3.24. The van der Waals surface area contributed by atoms with E-state index < -0.39 is 10.9 Å². The van der Waals surface area contributed by atoms with Crippen LogP contribution in [0.4, 0.5) is 5.95 Å². The summed E-state index contributed by atoms with van der Waals surface area (Å²) in [6, 6.07) is 1.54. The van der Waals surface area contributed by atoms with E-state index in [0.717, 1.165) is 4.80 Å². The van der Waals surface area contributed by atoms with Gasteiger partial charge >= 0.3 is 5.95 Å². The minimum atomic E-state index is -0.760. The van der Waals surface area contributed by atoms with Crippen LogP contribution in [0.15, 0.2) is 22.4 Å². The first-order chi connectivity index (χ1) is 9.97. The zero-order chi connectivity index (χ0) is 15.4. The number of carbonyl (C=O) groups excluding carboxylic acids is 1. The summed E-state index contributed by atoms with van der Waals surface area (Å²) in [7, 11) is 0. The first-order valence-electron chi connectivity index (χ1n) is 5.70. The summed E-state index contributed by atoms with van der Waals surface area (Å²) in [6.07, 6.45) is 2.73. The number of allylic oxidation sites excluding steroid dienone is 1. The third-order valence-corrected chi connectivity index (χ3v) is 2.37. The van der Waals surface area contributed by atoms with Gasteiger partial charge in [0.15, 0.2) is 0 Å². The largest absolute Gasteiger partial charge is 0.515 e. The number of aromatic nitrogens is 4. The van der Waals surface area contributed by atoms with E-state index in [4.69, 9.17) is 4.42 Å². The summed E-state index contributed by atoms with van der Waals surface area (Å²) >= 11 is 0. The molecule has 0 aliphatic rings. The van der Waals surface area contributed by atoms with E-state index in [0.29, 0.717) is 17.0 Å². The molecule has 0 aliphatic heterocycles. The molecular weight excluding hydrogens is 282 g/mol. The van der Waals surface area contributed by atoms with Crippen LogP contribution in [0.25, 0.3) is 6.20 Å². The zero-order valence-electron chi connectivity index (χ0n) is 11.1. The van der Waals surface area contributed by atoms with Gasteiger partial charge in [0, 0.05) is 5.70 Å². The van der Waals surface area contributed by atoms with Gasteiger partial charge in [-0.05, 0) is 24.8 Å². The fourth-order valence-corrected chi connectivity index (χ4v) is 1.39. The molecule has 0 bridgehead atoms. The van der Waals surface area contributed by atoms with Crippen LogP contribution in [0, 0.1) is 17.0 Å². The molecule has 2 aromatic heterocycles. The highest BCUT2D eigenvalue weighted by molar-refractivity contribution is 5.94. The van der Waals surface area contributed by atoms with Crippen LogP contribution in [0.1, 0.15) is 23.0 Å². The van der Waals surface area contributed by atoms with Crippen LogP contribution in [-0.4, -0.2) is 31.0 Å². The van der Waals surface area contributed by atoms with Gasteiger partial charge in [0.1, 0.15) is 5.76 Å². The molecule has 21 heavy (non-hydrogen) atoms. The molecule has 1 amide bonds. The summed E-state index contributed by atoms with van der Waals surface area (Å²) in [5.41, 5.74) is 5.88. The summed E-state index contributed by atoms with van der Waals surface area (Å²) in [5, 5.41) is 20.6. The van der Waals surface area contributed by atoms with Crippen molar-refractivity contribution < 1.29 is 14.1 Å². The number of tetrazole rings is 1. The Kier molecular flexibility index (Phi) is 3.92. The van der Waals surface area contributed by atoms with E-state index >= 15 is 0 Å². The van der Waals surface area contributed by atoms with Gasteiger partial charge in [-0.1, -0.05) is 4.80 Å². The van der Waals surface area contributed by atoms with Gasteiger partial charge < -0.3 is 20.0 Å². The topological polar surface area (TPSA) is 141 Å². The van der Waals surface area contributed by atoms with Gasteiger partial charge in [-0.3, -0.25) is 10.2 Å². The molecule has 0 saturated heterocycles. The van der Waals surface area contributed by atoms with Crippen LogP contribution >= 0.6 is 0 Å². The Morgan fingerprint density at radius 1 is 1.52 bits per heavy atom. The lowest BCUT2D eigenvalue weighted by Gasteiger charge is -2.07. The standard InChI is InChI=1S/C10H11N7O4/c1-6(5-16-14-10(13-15-16)17(19)20)11-12-9(18)8-3-4-21-7(8)2/h3-5,11H,1-2H3,(H,12,18)/b6-5+. The number of hydrogen-bond acceptors (Lipinski definition) is 8. The Morgan fingerprint density at radius 2 is 2.29 bits per heavy atom. The van der Waals surface area contributed by atoms with E-state index in [1.54, 1.807) is 13.8 Å². The van der Waals surface area contributed by atoms with Gasteiger partial charge in [-0.15, -0.1) is 0 Å². The SMILES string of the molecule is C/C(=C\n1nnc([N+](=O)[O-])n1)NNC(=O)c1ccoc1C. The van der Waals surface area contributed by atoms with Gasteiger partial charge in [-0.2, -0.15) is 0 Å². The molecule has 11 heteroatoms. The number of rotatable bonds is 5. The highest BCUT2D eigenvalue weighted by Gasteiger charge is 2.14. The van der Waals surface area contributed by atoms with Gasteiger partial charge in [0.25, 0.3) is 5.91 Å². The van der Waals surface area contributed by atoms with Gasteiger partial charge in [-0.25, -0.2) is 0 Å². The van der Waals surface area contributed by atoms with E-state index in [2.05, 4.69) is 26.3 Å². The van der Waals surface area contributed by atoms with E-state index in [1.165, 1.54) is 18.5 Å². The third kappa shape index (κ3) is 3.40. The van der Waals surface area contributed by atoms with Crippen LogP contribution in [0.2, 0.25) is 0 Å². The van der Waals surface area contributed by atoms with Crippen LogP contribution in [0.3, 0.4) is 0 Å². The fourth-order valence-electron chi connectivity index (χ4n) is 1.39. The second-order valence-electron chi connectivity index (χ2n) is 3.95. The van der Waals surface area contributed by atoms with Crippen molar-refractivity contribution in [2.24, 2.45) is 0 Å². The second kappa shape index (κ2) is 5.81. The van der Waals surface area contributed by atoms with Crippen molar-refractivity contribution in [1.82, 2.24) is 31.1 Å². The molecule has 0 radical (unpaired) electrons. The van der Waals surface area contributed by atoms with Crippen molar-refractivity contribution >= 4 is 18.1 Å². The lowest BCUT2D eigenvalue weighted by molar-refractivity contribution is -0.394. The molecule has 0 saturated carbocycles. The molecule has 110 valence electrons. The molecule has 0 unspecified atom stereocenters. The van der Waals surface area contributed by atoms with Crippen molar-refractivity contribution in [2.75, 3.05) is 0 Å². The first kappa shape index (κ1) is 14.2. The van der Waals surface area contributed by atoms with Crippen LogP contribution in [0.5, 0.6) is 0 Å². The van der Waals surface area contributed by atoms with Crippen molar-refractivity contribution in [2.45, 2.75) is 13.8 Å². The van der Waals surface area contributed by atoms with E-state index in [9.17, 15) is 14.9 Å². The number of carbonyl (C=O) groups is 1. The van der Waals surface area contributed by atoms with Crippen molar-refractivity contribution in [3.05, 3.63) is 39.5 Å². The van der Waals surface area contributed by atoms with E-state index in [1.807, 2.05) is 0 Å². The van der Waals surface area contributed by atoms with E-state index in [-0.39, 0.29) is 5.91 Å². The van der Waals surface area contributed by atoms with Crippen molar-refractivity contribution in [1.29, 1.82) is 0 Å². The number of hydrazine groups is 1. The molecule has 2 aromatic rings. The normalized spacial score (nSPS) is 11.2. The molecule has 2 rings (SSSR count). The monoisotopic (exact) mass is 293 g/mol. The number of nitrogens with one attached hydrogen (secondary N) is 2. The number of hydrogen-bond donors (Lipinski definition) is 2. The molecule has 0 aliphatic carbocycles. The molecular formula is C10H11N7O4. The smallest absolute Gasteiger partial charge is 0.469 e. The lowest BCUT2D eigenvalue weighted by atomic mass is 10.2. The summed E-state index contributed by atoms with van der Waals surface area (Å²) < 4.78 is 5.01. The predicted molar refractivity (Wildman–Crippen MR) is 68.5 cm³/mol. The Bertz CT molecular complexity index is 702. The van der Waals surface area contributed by atoms with Crippen LogP contribution in [-0.2, 0) is 0 Å². The Labute approximate surface area is 117 Å². The summed E-state index contributed by atoms with van der Waals surface area (Å²) in [6.45, 7) is 3.27. The molecule has 2 N–H and O–H groups in total. The number of aryl methyl sites for hydroxylation is 1. The molecule has 0 atom stereocenters. The maximum absolute atomic E-state index is 11.8. The number of amides is 1. The minimum absolute atomic E-state index is 0.383. The average Bonchev–Trinajstić information content (AvgIpc) is 3.05. The summed E-state index contributed by atoms with van der Waals surface area (Å²) in [5.74, 6) is -0.506. The highest BCUT2D eigenvalue weighted by Crippen LogP contribution is 2.07. The van der Waals surface area contributed by atoms with Crippen molar-refractivity contribution in [3.63, 3.8) is 0 Å². The number of nitrogens with zero attached hydrogens (tertiary/aromatic N) is 5. The molecule has 0 fully saturated rings. The molecule has 0 spiro atoms. The number of furan rings is 1. The molecule has 11 nitrogen and oxygen atoms in total. The van der Waals surface area contributed by atoms with Gasteiger partial charge in [0.2, 0.25) is 0 Å². The maximum atomic E-state index is 11.8. The quantitative estimate of drug-likeness (QED) is 0.589. The zero-order valence-corrected chi connectivity index (χ0v) is 11.1. The Morgan fingerprint density at radius 3 is 2.86 bits per heavy atom. The minimum Gasteiger partial charge on any atom is -0.469 e. The maximum Gasteiger partial charge on any atom is 0.515 e. The number of nitro groups is 1. The summed E-state index contributed by atoms with van der Waals surface area (Å²) in [4.78, 5) is 22.3. The average molecular weight is 293 g/mol. The second-order valence-corrected chi connectivity index (χ2v) is 3.95. The lowest BCUT2D eigenvalue weighted by Crippen LogP contribution is -2.36. The first-order valence-corrected chi connectivity index (χ1v) is 5.70.